The van der Waals surface area contributed by atoms with Crippen molar-refractivity contribution in [1.82, 2.24) is 10.2 Å². The number of nitrogens with zero attached hydrogens (tertiary/aromatic N) is 1. The van der Waals surface area contributed by atoms with Crippen LogP contribution < -0.4 is 10.1 Å². The third-order valence-corrected chi connectivity index (χ3v) is 4.38. The van der Waals surface area contributed by atoms with Gasteiger partial charge in [0.25, 0.3) is 0 Å². The molecule has 2 aliphatic heterocycles. The number of para-hydroxylation sites is 1. The van der Waals surface area contributed by atoms with Crippen LogP contribution in [0, 0.1) is 0 Å². The number of nitrogens with one attached hydrogen (secondary N) is 1. The normalized spacial score (nSPS) is 17.3. The van der Waals surface area contributed by atoms with E-state index in [9.17, 15) is 0 Å². The summed E-state index contributed by atoms with van der Waals surface area (Å²) in [6, 6.07) is 16.6. The van der Waals surface area contributed by atoms with E-state index in [4.69, 9.17) is 4.74 Å². The summed E-state index contributed by atoms with van der Waals surface area (Å²) < 4.78 is 6.33. The van der Waals surface area contributed by atoms with E-state index in [1.807, 2.05) is 6.07 Å². The molecule has 4 rings (SSSR count). The number of piperazine rings is 1. The van der Waals surface area contributed by atoms with Crippen LogP contribution >= 0.6 is 0 Å². The topological polar surface area (TPSA) is 24.5 Å². The van der Waals surface area contributed by atoms with Gasteiger partial charge in [0.05, 0.1) is 0 Å². The molecular formula is C20H20N2O. The van der Waals surface area contributed by atoms with Crippen molar-refractivity contribution in [3.05, 3.63) is 72.6 Å². The first-order valence-electron chi connectivity index (χ1n) is 8.06. The number of allylic oxidation sites excluding steroid dienone is 2. The maximum atomic E-state index is 6.33. The van der Waals surface area contributed by atoms with Gasteiger partial charge in [0.15, 0.2) is 5.88 Å². The lowest BCUT2D eigenvalue weighted by molar-refractivity contribution is 0.194. The monoisotopic (exact) mass is 304 g/mol. The molecule has 2 aromatic carbocycles. The van der Waals surface area contributed by atoms with Gasteiger partial charge in [-0.3, -0.25) is 0 Å². The molecule has 1 fully saturated rings. The van der Waals surface area contributed by atoms with E-state index in [-0.39, 0.29) is 0 Å². The summed E-state index contributed by atoms with van der Waals surface area (Å²) in [5, 5.41) is 3.37. The van der Waals surface area contributed by atoms with E-state index < -0.39 is 0 Å². The molecule has 1 N–H and O–H groups in total. The highest BCUT2D eigenvalue weighted by atomic mass is 16.5. The molecule has 2 heterocycles. The first-order chi connectivity index (χ1) is 11.3. The Hall–Kier alpha value is -2.52. The van der Waals surface area contributed by atoms with E-state index in [1.54, 1.807) is 0 Å². The smallest absolute Gasteiger partial charge is 0.196 e. The fourth-order valence-corrected chi connectivity index (χ4v) is 3.15. The lowest BCUT2D eigenvalue weighted by Crippen LogP contribution is -2.44. The Morgan fingerprint density at radius 3 is 2.43 bits per heavy atom. The molecule has 3 nitrogen and oxygen atoms in total. The Balaban J connectivity index is 1.74. The van der Waals surface area contributed by atoms with Crippen molar-refractivity contribution >= 4 is 5.57 Å². The van der Waals surface area contributed by atoms with E-state index in [1.165, 1.54) is 5.56 Å². The molecule has 0 atom stereocenters. The van der Waals surface area contributed by atoms with Crippen LogP contribution in [0.15, 0.2) is 67.1 Å². The molecule has 23 heavy (non-hydrogen) atoms. The molecule has 0 bridgehead atoms. The Morgan fingerprint density at radius 1 is 0.913 bits per heavy atom. The van der Waals surface area contributed by atoms with Crippen molar-refractivity contribution in [3.8, 4) is 16.9 Å². The fourth-order valence-electron chi connectivity index (χ4n) is 3.15. The standard InChI is InChI=1S/C20H20N2O/c1-15-14-19(22-12-10-21-11-13-22)23-20-17(15)8-5-9-18(20)16-6-3-2-4-7-16/h2-9,14,21H,1,10-13H2. The first kappa shape index (κ1) is 14.1. The van der Waals surface area contributed by atoms with Gasteiger partial charge in [-0.2, -0.15) is 0 Å². The second-order valence-electron chi connectivity index (χ2n) is 5.90. The third-order valence-electron chi connectivity index (χ3n) is 4.38. The van der Waals surface area contributed by atoms with Crippen LogP contribution in [0.4, 0.5) is 0 Å². The SMILES string of the molecule is C=C1C=C(N2CCNCC2)Oc2c1cccc2-c1ccccc1. The van der Waals surface area contributed by atoms with E-state index in [2.05, 4.69) is 65.3 Å². The highest BCUT2D eigenvalue weighted by molar-refractivity contribution is 5.85. The van der Waals surface area contributed by atoms with Gasteiger partial charge < -0.3 is 15.0 Å². The average Bonchev–Trinajstić information content (AvgIpc) is 2.63. The molecule has 2 aliphatic rings. The minimum absolute atomic E-state index is 0.910. The number of fused-ring (bicyclic) bond motifs is 1. The minimum Gasteiger partial charge on any atom is -0.440 e. The molecule has 0 unspecified atom stereocenters. The Morgan fingerprint density at radius 2 is 1.65 bits per heavy atom. The molecule has 116 valence electrons. The fraction of sp³-hybridized carbons (Fsp3) is 0.200. The molecule has 2 aromatic rings. The molecule has 0 aliphatic carbocycles. The zero-order valence-corrected chi connectivity index (χ0v) is 13.1. The minimum atomic E-state index is 0.910. The zero-order chi connectivity index (χ0) is 15.6. The number of rotatable bonds is 2. The number of hydrogen-bond acceptors (Lipinski definition) is 3. The Bertz CT molecular complexity index is 758. The molecule has 0 aromatic heterocycles. The second-order valence-corrected chi connectivity index (χ2v) is 5.90. The van der Waals surface area contributed by atoms with Crippen LogP contribution in [0.3, 0.4) is 0 Å². The molecule has 0 radical (unpaired) electrons. The molecule has 3 heteroatoms. The van der Waals surface area contributed by atoms with Gasteiger partial charge in [-0.25, -0.2) is 0 Å². The first-order valence-corrected chi connectivity index (χ1v) is 8.06. The number of hydrogen-bond donors (Lipinski definition) is 1. The van der Waals surface area contributed by atoms with Gasteiger partial charge in [0, 0.05) is 43.4 Å². The summed E-state index contributed by atoms with van der Waals surface area (Å²) in [5.41, 5.74) is 4.37. The molecule has 0 spiro atoms. The van der Waals surface area contributed by atoms with Gasteiger partial charge in [0.2, 0.25) is 0 Å². The maximum Gasteiger partial charge on any atom is 0.196 e. The van der Waals surface area contributed by atoms with Gasteiger partial charge in [-0.15, -0.1) is 0 Å². The number of benzene rings is 2. The summed E-state index contributed by atoms with van der Waals surface area (Å²) in [6.07, 6.45) is 2.06. The van der Waals surface area contributed by atoms with Crippen LogP contribution in [0.25, 0.3) is 16.7 Å². The summed E-state index contributed by atoms with van der Waals surface area (Å²) in [5.74, 6) is 1.83. The van der Waals surface area contributed by atoms with Gasteiger partial charge in [0.1, 0.15) is 5.75 Å². The maximum absolute atomic E-state index is 6.33. The highest BCUT2D eigenvalue weighted by Gasteiger charge is 2.23. The highest BCUT2D eigenvalue weighted by Crippen LogP contribution is 2.41. The summed E-state index contributed by atoms with van der Waals surface area (Å²) in [4.78, 5) is 2.28. The molecule has 1 saturated heterocycles. The summed E-state index contributed by atoms with van der Waals surface area (Å²) in [7, 11) is 0. The average molecular weight is 304 g/mol. The molecule has 0 saturated carbocycles. The van der Waals surface area contributed by atoms with Crippen molar-refractivity contribution in [2.24, 2.45) is 0 Å². The van der Waals surface area contributed by atoms with Crippen LogP contribution in [0.1, 0.15) is 5.56 Å². The van der Waals surface area contributed by atoms with Crippen molar-refractivity contribution in [1.29, 1.82) is 0 Å². The lowest BCUT2D eigenvalue weighted by Gasteiger charge is -2.33. The van der Waals surface area contributed by atoms with Crippen LogP contribution in [-0.2, 0) is 0 Å². The quantitative estimate of drug-likeness (QED) is 0.919. The molecule has 0 amide bonds. The van der Waals surface area contributed by atoms with Crippen LogP contribution in [0.2, 0.25) is 0 Å². The van der Waals surface area contributed by atoms with Crippen molar-refractivity contribution < 1.29 is 4.74 Å². The third kappa shape index (κ3) is 2.64. The van der Waals surface area contributed by atoms with Crippen LogP contribution in [0.5, 0.6) is 5.75 Å². The second kappa shape index (κ2) is 5.94. The van der Waals surface area contributed by atoms with Gasteiger partial charge >= 0.3 is 0 Å². The van der Waals surface area contributed by atoms with Gasteiger partial charge in [-0.05, 0) is 11.1 Å². The van der Waals surface area contributed by atoms with E-state index in [0.29, 0.717) is 0 Å². The predicted molar refractivity (Wildman–Crippen MR) is 94.1 cm³/mol. The van der Waals surface area contributed by atoms with Crippen molar-refractivity contribution in [2.75, 3.05) is 26.2 Å². The Labute approximate surface area is 136 Å². The summed E-state index contributed by atoms with van der Waals surface area (Å²) in [6.45, 7) is 8.13. The van der Waals surface area contributed by atoms with Crippen molar-refractivity contribution in [2.45, 2.75) is 0 Å². The van der Waals surface area contributed by atoms with E-state index >= 15 is 0 Å². The van der Waals surface area contributed by atoms with Crippen molar-refractivity contribution in [3.63, 3.8) is 0 Å². The predicted octanol–water partition coefficient (Wildman–Crippen LogP) is 3.51. The van der Waals surface area contributed by atoms with Gasteiger partial charge in [-0.1, -0.05) is 55.1 Å². The molecular weight excluding hydrogens is 284 g/mol. The lowest BCUT2D eigenvalue weighted by atomic mass is 9.96. The number of ether oxygens (including phenoxy) is 1. The zero-order valence-electron chi connectivity index (χ0n) is 13.1. The van der Waals surface area contributed by atoms with E-state index in [0.717, 1.165) is 54.5 Å². The van der Waals surface area contributed by atoms with Crippen LogP contribution in [-0.4, -0.2) is 31.1 Å². The summed E-state index contributed by atoms with van der Waals surface area (Å²) >= 11 is 0. The Kier molecular flexibility index (Phi) is 3.64. The largest absolute Gasteiger partial charge is 0.440 e.